The SMILES string of the molecule is CC(C)CC(NC(=O)OCc1ccccc1)(C(=O)N[C@@H](C)C(=O)N[C@@H](C)C(=O)N1CCC[C@H]1C(=O)O)C(F)(F)F. The molecule has 1 aliphatic rings. The first kappa shape index (κ1) is 32.4. The molecule has 40 heavy (non-hydrogen) atoms. The number of halogens is 3. The van der Waals surface area contributed by atoms with Crippen LogP contribution < -0.4 is 16.0 Å². The van der Waals surface area contributed by atoms with Gasteiger partial charge >= 0.3 is 18.2 Å². The maximum absolute atomic E-state index is 14.4. The molecule has 0 saturated carbocycles. The summed E-state index contributed by atoms with van der Waals surface area (Å²) in [5, 5.41) is 15.3. The van der Waals surface area contributed by atoms with Gasteiger partial charge in [-0.05, 0) is 44.6 Å². The van der Waals surface area contributed by atoms with E-state index >= 15 is 0 Å². The van der Waals surface area contributed by atoms with Crippen LogP contribution in [0.25, 0.3) is 0 Å². The van der Waals surface area contributed by atoms with Gasteiger partial charge in [0, 0.05) is 6.54 Å². The third-order valence-corrected chi connectivity index (χ3v) is 6.41. The average molecular weight is 573 g/mol. The number of likely N-dealkylation sites (tertiary alicyclic amines) is 1. The van der Waals surface area contributed by atoms with E-state index in [4.69, 9.17) is 4.74 Å². The van der Waals surface area contributed by atoms with E-state index in [1.165, 1.54) is 20.8 Å². The predicted octanol–water partition coefficient (Wildman–Crippen LogP) is 2.35. The van der Waals surface area contributed by atoms with Gasteiger partial charge in [0.15, 0.2) is 0 Å². The fraction of sp³-hybridized carbons (Fsp3) is 0.577. The Hall–Kier alpha value is -3.84. The van der Waals surface area contributed by atoms with Gasteiger partial charge in [-0.15, -0.1) is 0 Å². The number of alkyl halides is 3. The highest BCUT2D eigenvalue weighted by Crippen LogP contribution is 2.36. The van der Waals surface area contributed by atoms with Crippen molar-refractivity contribution in [1.82, 2.24) is 20.9 Å². The Morgan fingerprint density at radius 2 is 1.65 bits per heavy atom. The van der Waals surface area contributed by atoms with Crippen LogP contribution in [0.4, 0.5) is 18.0 Å². The van der Waals surface area contributed by atoms with Gasteiger partial charge in [0.05, 0.1) is 0 Å². The number of hydrogen-bond acceptors (Lipinski definition) is 6. The smallest absolute Gasteiger partial charge is 0.420 e. The summed E-state index contributed by atoms with van der Waals surface area (Å²) in [5.41, 5.74) is -2.91. The van der Waals surface area contributed by atoms with Crippen molar-refractivity contribution in [2.45, 2.75) is 83.4 Å². The van der Waals surface area contributed by atoms with Crippen LogP contribution in [0, 0.1) is 5.92 Å². The van der Waals surface area contributed by atoms with Crippen molar-refractivity contribution in [1.29, 1.82) is 0 Å². The lowest BCUT2D eigenvalue weighted by Gasteiger charge is -2.36. The van der Waals surface area contributed by atoms with Crippen LogP contribution in [0.1, 0.15) is 52.5 Å². The molecule has 1 saturated heterocycles. The standard InChI is InChI=1S/C26H35F3N4O7/c1-15(2)13-25(26(27,28)29,32-24(39)40-14-18-9-6-5-7-10-18)23(38)31-16(3)20(34)30-17(4)21(35)33-12-8-11-19(33)22(36)37/h5-7,9-10,15-17,19H,8,11-14H2,1-4H3,(H,30,34)(H,31,38)(H,32,39)(H,36,37)/t16-,17-,19-,25?/m0/s1. The number of benzene rings is 1. The molecule has 0 spiro atoms. The molecular weight excluding hydrogens is 537 g/mol. The minimum absolute atomic E-state index is 0.178. The lowest BCUT2D eigenvalue weighted by Crippen LogP contribution is -2.69. The summed E-state index contributed by atoms with van der Waals surface area (Å²) >= 11 is 0. The summed E-state index contributed by atoms with van der Waals surface area (Å²) in [6.45, 7) is 5.11. The maximum Gasteiger partial charge on any atom is 0.420 e. The first-order valence-electron chi connectivity index (χ1n) is 12.8. The van der Waals surface area contributed by atoms with Crippen LogP contribution in [0.5, 0.6) is 0 Å². The molecule has 222 valence electrons. The normalized spacial score (nSPS) is 18.3. The number of nitrogens with zero attached hydrogens (tertiary/aromatic N) is 1. The van der Waals surface area contributed by atoms with Gasteiger partial charge in [-0.2, -0.15) is 13.2 Å². The van der Waals surface area contributed by atoms with E-state index in [0.717, 1.165) is 11.8 Å². The van der Waals surface area contributed by atoms with E-state index in [9.17, 15) is 42.3 Å². The molecule has 0 aliphatic carbocycles. The molecule has 11 nitrogen and oxygen atoms in total. The highest BCUT2D eigenvalue weighted by molar-refractivity contribution is 5.96. The van der Waals surface area contributed by atoms with Crippen molar-refractivity contribution in [3.05, 3.63) is 35.9 Å². The Morgan fingerprint density at radius 3 is 2.20 bits per heavy atom. The molecule has 14 heteroatoms. The molecular formula is C26H35F3N4O7. The Kier molecular flexibility index (Phi) is 10.9. The summed E-state index contributed by atoms with van der Waals surface area (Å²) in [7, 11) is 0. The Balaban J connectivity index is 2.14. The van der Waals surface area contributed by atoms with Crippen molar-refractivity contribution in [3.63, 3.8) is 0 Å². The molecule has 4 atom stereocenters. The van der Waals surface area contributed by atoms with Crippen molar-refractivity contribution in [2.24, 2.45) is 5.92 Å². The second kappa shape index (κ2) is 13.5. The van der Waals surface area contributed by atoms with Gasteiger partial charge in [-0.25, -0.2) is 9.59 Å². The van der Waals surface area contributed by atoms with Crippen LogP contribution >= 0.6 is 0 Å². The van der Waals surface area contributed by atoms with Crippen molar-refractivity contribution in [2.75, 3.05) is 6.54 Å². The largest absolute Gasteiger partial charge is 0.480 e. The topological polar surface area (TPSA) is 154 Å². The van der Waals surface area contributed by atoms with Gasteiger partial charge in [-0.1, -0.05) is 44.2 Å². The zero-order chi connectivity index (χ0) is 30.3. The van der Waals surface area contributed by atoms with Crippen molar-refractivity contribution >= 4 is 29.8 Å². The molecule has 1 unspecified atom stereocenters. The van der Waals surface area contributed by atoms with Gasteiger partial charge in [0.1, 0.15) is 24.7 Å². The fourth-order valence-electron chi connectivity index (χ4n) is 4.38. The van der Waals surface area contributed by atoms with E-state index in [1.54, 1.807) is 35.6 Å². The number of hydrogen-bond donors (Lipinski definition) is 4. The number of carboxylic acid groups (broad SMARTS) is 1. The van der Waals surface area contributed by atoms with E-state index in [2.05, 4.69) is 5.32 Å². The third-order valence-electron chi connectivity index (χ3n) is 6.41. The second-order valence-corrected chi connectivity index (χ2v) is 10.1. The Bertz CT molecular complexity index is 1080. The summed E-state index contributed by atoms with van der Waals surface area (Å²) in [6, 6.07) is 4.41. The molecule has 4 N–H and O–H groups in total. The second-order valence-electron chi connectivity index (χ2n) is 10.1. The third kappa shape index (κ3) is 8.09. The van der Waals surface area contributed by atoms with Gasteiger partial charge < -0.3 is 25.4 Å². The molecule has 0 bridgehead atoms. The van der Waals surface area contributed by atoms with Crippen LogP contribution in [-0.4, -0.2) is 76.2 Å². The summed E-state index contributed by atoms with van der Waals surface area (Å²) in [5.74, 6) is -5.24. The molecule has 2 rings (SSSR count). The van der Waals surface area contributed by atoms with E-state index in [1.807, 2.05) is 5.32 Å². The highest BCUT2D eigenvalue weighted by atomic mass is 19.4. The van der Waals surface area contributed by atoms with Crippen LogP contribution in [0.15, 0.2) is 30.3 Å². The van der Waals surface area contributed by atoms with E-state index < -0.39 is 72.0 Å². The van der Waals surface area contributed by atoms with Crippen molar-refractivity contribution < 1.29 is 47.0 Å². The summed E-state index contributed by atoms with van der Waals surface area (Å²) < 4.78 is 48.2. The molecule has 1 fully saturated rings. The number of rotatable bonds is 11. The fourth-order valence-corrected chi connectivity index (χ4v) is 4.38. The number of alkyl carbamates (subject to hydrolysis) is 1. The minimum atomic E-state index is -5.27. The summed E-state index contributed by atoms with van der Waals surface area (Å²) in [4.78, 5) is 63.4. The number of nitrogens with one attached hydrogen (secondary N) is 3. The van der Waals surface area contributed by atoms with Gasteiger partial charge in [0.2, 0.25) is 17.4 Å². The first-order valence-corrected chi connectivity index (χ1v) is 12.8. The number of ether oxygens (including phenoxy) is 1. The number of amides is 4. The number of aliphatic carboxylic acids is 1. The van der Waals surface area contributed by atoms with Gasteiger partial charge in [-0.3, -0.25) is 19.7 Å². The predicted molar refractivity (Wildman–Crippen MR) is 136 cm³/mol. The zero-order valence-corrected chi connectivity index (χ0v) is 22.7. The maximum atomic E-state index is 14.4. The Labute approximate surface area is 229 Å². The highest BCUT2D eigenvalue weighted by Gasteiger charge is 2.62. The lowest BCUT2D eigenvalue weighted by atomic mass is 9.86. The molecule has 1 aliphatic heterocycles. The molecule has 4 amide bonds. The molecule has 1 aromatic carbocycles. The number of carbonyl (C=O) groups is 5. The molecule has 0 radical (unpaired) electrons. The number of carbonyl (C=O) groups excluding carboxylic acids is 4. The number of carboxylic acids is 1. The minimum Gasteiger partial charge on any atom is -0.480 e. The average Bonchev–Trinajstić information content (AvgIpc) is 3.36. The van der Waals surface area contributed by atoms with Crippen LogP contribution in [0.3, 0.4) is 0 Å². The van der Waals surface area contributed by atoms with Crippen LogP contribution in [-0.2, 0) is 30.5 Å². The lowest BCUT2D eigenvalue weighted by molar-refractivity contribution is -0.202. The van der Waals surface area contributed by atoms with Crippen molar-refractivity contribution in [3.8, 4) is 0 Å². The molecule has 0 aromatic heterocycles. The quantitative estimate of drug-likeness (QED) is 0.317. The Morgan fingerprint density at radius 1 is 1.02 bits per heavy atom. The van der Waals surface area contributed by atoms with Gasteiger partial charge in [0.25, 0.3) is 5.91 Å². The monoisotopic (exact) mass is 572 g/mol. The van der Waals surface area contributed by atoms with Crippen LogP contribution in [0.2, 0.25) is 0 Å². The summed E-state index contributed by atoms with van der Waals surface area (Å²) in [6.07, 6.45) is -6.88. The van der Waals surface area contributed by atoms with E-state index in [0.29, 0.717) is 12.0 Å². The first-order chi connectivity index (χ1) is 18.6. The van der Waals surface area contributed by atoms with E-state index in [-0.39, 0.29) is 19.6 Å². The molecule has 1 heterocycles. The zero-order valence-electron chi connectivity index (χ0n) is 22.7. The molecule has 1 aromatic rings.